The summed E-state index contributed by atoms with van der Waals surface area (Å²) in [4.78, 5) is 17.0. The fraction of sp³-hybridized carbons (Fsp3) is 0.500. The summed E-state index contributed by atoms with van der Waals surface area (Å²) in [5, 5.41) is 0.393. The van der Waals surface area contributed by atoms with Crippen molar-refractivity contribution in [2.75, 3.05) is 25.1 Å². The highest BCUT2D eigenvalue weighted by molar-refractivity contribution is 6.29. The van der Waals surface area contributed by atoms with Crippen LogP contribution in [-0.2, 0) is 4.74 Å². The zero-order valence-electron chi connectivity index (χ0n) is 10.6. The van der Waals surface area contributed by atoms with Crippen LogP contribution in [0.5, 0.6) is 5.75 Å². The van der Waals surface area contributed by atoms with Crippen molar-refractivity contribution in [3.8, 4) is 5.75 Å². The molecule has 6 nitrogen and oxygen atoms in total. The van der Waals surface area contributed by atoms with Gasteiger partial charge in [-0.25, -0.2) is 9.78 Å². The number of anilines is 1. The second-order valence-electron chi connectivity index (χ2n) is 4.31. The van der Waals surface area contributed by atoms with Crippen molar-refractivity contribution in [3.05, 3.63) is 17.3 Å². The van der Waals surface area contributed by atoms with Crippen LogP contribution in [-0.4, -0.2) is 37.4 Å². The summed E-state index contributed by atoms with van der Waals surface area (Å²) < 4.78 is 10.1. The second-order valence-corrected chi connectivity index (χ2v) is 4.70. The molecule has 2 heterocycles. The maximum Gasteiger partial charge on any atom is 0.404 e. The number of nitrogens with zero attached hydrogens (tertiary/aromatic N) is 2. The Morgan fingerprint density at radius 1 is 1.47 bits per heavy atom. The Balaban J connectivity index is 2.01. The van der Waals surface area contributed by atoms with E-state index in [4.69, 9.17) is 26.8 Å². The third kappa shape index (κ3) is 3.64. The molecular weight excluding hydrogens is 270 g/mol. The lowest BCUT2D eigenvalue weighted by molar-refractivity contribution is 0.0911. The van der Waals surface area contributed by atoms with Crippen molar-refractivity contribution in [2.45, 2.75) is 18.9 Å². The van der Waals surface area contributed by atoms with Crippen LogP contribution < -0.4 is 15.4 Å². The number of ether oxygens (including phenoxy) is 2. The first-order valence-electron chi connectivity index (χ1n) is 6.01. The maximum absolute atomic E-state index is 10.7. The summed E-state index contributed by atoms with van der Waals surface area (Å²) in [6.07, 6.45) is 0.606. The van der Waals surface area contributed by atoms with Crippen LogP contribution in [0.15, 0.2) is 12.1 Å². The molecule has 1 saturated heterocycles. The van der Waals surface area contributed by atoms with Crippen molar-refractivity contribution in [1.29, 1.82) is 0 Å². The number of amides is 1. The average molecular weight is 286 g/mol. The monoisotopic (exact) mass is 285 g/mol. The molecule has 0 radical (unpaired) electrons. The molecule has 0 aromatic carbocycles. The van der Waals surface area contributed by atoms with Crippen LogP contribution in [0.25, 0.3) is 0 Å². The number of aromatic nitrogens is 1. The first-order valence-corrected chi connectivity index (χ1v) is 6.39. The van der Waals surface area contributed by atoms with Gasteiger partial charge in [-0.15, -0.1) is 0 Å². The molecule has 0 saturated carbocycles. The van der Waals surface area contributed by atoms with Gasteiger partial charge in [0.2, 0.25) is 0 Å². The molecule has 19 heavy (non-hydrogen) atoms. The number of hydrogen-bond donors (Lipinski definition) is 1. The third-order valence-electron chi connectivity index (χ3n) is 3.04. The van der Waals surface area contributed by atoms with E-state index in [2.05, 4.69) is 9.88 Å². The Kier molecular flexibility index (Phi) is 4.31. The minimum absolute atomic E-state index is 0.116. The Bertz CT molecular complexity index is 462. The number of carbonyl (C=O) groups excluding carboxylic acids is 1. The Labute approximate surface area is 116 Å². The highest BCUT2D eigenvalue weighted by atomic mass is 35.5. The van der Waals surface area contributed by atoms with Crippen molar-refractivity contribution in [1.82, 2.24) is 4.98 Å². The summed E-state index contributed by atoms with van der Waals surface area (Å²) in [5.74, 6) is 1.44. The van der Waals surface area contributed by atoms with Gasteiger partial charge in [-0.2, -0.15) is 0 Å². The number of methoxy groups -OCH3 is 1. The number of primary amides is 1. The first-order chi connectivity index (χ1) is 9.08. The largest absolute Gasteiger partial charge is 0.497 e. The molecule has 1 amide bonds. The molecule has 1 aliphatic heterocycles. The quantitative estimate of drug-likeness (QED) is 0.857. The second kappa shape index (κ2) is 5.97. The van der Waals surface area contributed by atoms with Crippen LogP contribution in [0.4, 0.5) is 10.6 Å². The molecule has 1 aromatic heterocycles. The first kappa shape index (κ1) is 13.7. The van der Waals surface area contributed by atoms with Gasteiger partial charge in [0.25, 0.3) is 0 Å². The van der Waals surface area contributed by atoms with Gasteiger partial charge in [-0.1, -0.05) is 11.6 Å². The highest BCUT2D eigenvalue weighted by Crippen LogP contribution is 2.26. The van der Waals surface area contributed by atoms with Crippen molar-refractivity contribution >= 4 is 23.5 Å². The highest BCUT2D eigenvalue weighted by Gasteiger charge is 2.22. The van der Waals surface area contributed by atoms with E-state index in [1.165, 1.54) is 0 Å². The van der Waals surface area contributed by atoms with Gasteiger partial charge in [-0.05, 0) is 0 Å². The van der Waals surface area contributed by atoms with E-state index in [0.29, 0.717) is 10.9 Å². The number of hydrogen-bond acceptors (Lipinski definition) is 5. The summed E-state index contributed by atoms with van der Waals surface area (Å²) in [6.45, 7) is 1.46. The van der Waals surface area contributed by atoms with E-state index in [1.807, 2.05) is 6.07 Å². The van der Waals surface area contributed by atoms with Crippen LogP contribution in [0, 0.1) is 0 Å². The lowest BCUT2D eigenvalue weighted by Gasteiger charge is -2.32. The molecular formula is C12H16ClN3O3. The molecule has 0 bridgehead atoms. The molecule has 0 unspecified atom stereocenters. The lowest BCUT2D eigenvalue weighted by atomic mass is 10.1. The minimum Gasteiger partial charge on any atom is -0.497 e. The van der Waals surface area contributed by atoms with E-state index < -0.39 is 6.09 Å². The predicted octanol–water partition coefficient (Wildman–Crippen LogP) is 1.81. The Morgan fingerprint density at radius 2 is 2.16 bits per heavy atom. The standard InChI is InChI=1S/C12H16ClN3O3/c1-18-9-6-10(13)15-11(7-9)16-4-2-8(3-5-16)19-12(14)17/h6-8H,2-5H2,1H3,(H2,14,17). The maximum atomic E-state index is 10.7. The van der Waals surface area contributed by atoms with E-state index in [-0.39, 0.29) is 6.10 Å². The average Bonchev–Trinajstić information content (AvgIpc) is 2.38. The van der Waals surface area contributed by atoms with Crippen LogP contribution in [0.3, 0.4) is 0 Å². The van der Waals surface area contributed by atoms with Crippen LogP contribution in [0.2, 0.25) is 5.15 Å². The lowest BCUT2D eigenvalue weighted by Crippen LogP contribution is -2.39. The van der Waals surface area contributed by atoms with Crippen molar-refractivity contribution in [3.63, 3.8) is 0 Å². The normalized spacial score (nSPS) is 16.2. The Hall–Kier alpha value is -1.69. The molecule has 0 spiro atoms. The fourth-order valence-electron chi connectivity index (χ4n) is 2.11. The number of pyridine rings is 1. The minimum atomic E-state index is -0.721. The number of piperidine rings is 1. The van der Waals surface area contributed by atoms with E-state index >= 15 is 0 Å². The predicted molar refractivity (Wildman–Crippen MR) is 71.7 cm³/mol. The number of nitrogens with two attached hydrogens (primary N) is 1. The van der Waals surface area contributed by atoms with Crippen LogP contribution >= 0.6 is 11.6 Å². The van der Waals surface area contributed by atoms with Gasteiger partial charge < -0.3 is 20.1 Å². The molecule has 2 rings (SSSR count). The molecule has 0 atom stereocenters. The van der Waals surface area contributed by atoms with Crippen molar-refractivity contribution in [2.24, 2.45) is 5.73 Å². The summed E-state index contributed by atoms with van der Waals surface area (Å²) in [7, 11) is 1.59. The molecule has 1 fully saturated rings. The van der Waals surface area contributed by atoms with E-state index in [0.717, 1.165) is 31.7 Å². The van der Waals surface area contributed by atoms with Crippen molar-refractivity contribution < 1.29 is 14.3 Å². The van der Waals surface area contributed by atoms with Gasteiger partial charge in [-0.3, -0.25) is 0 Å². The molecule has 2 N–H and O–H groups in total. The summed E-state index contributed by atoms with van der Waals surface area (Å²) in [6, 6.07) is 3.50. The number of rotatable bonds is 3. The third-order valence-corrected chi connectivity index (χ3v) is 3.23. The smallest absolute Gasteiger partial charge is 0.404 e. The van der Waals surface area contributed by atoms with Gasteiger partial charge in [0.1, 0.15) is 22.8 Å². The SMILES string of the molecule is COc1cc(Cl)nc(N2CCC(OC(N)=O)CC2)c1. The molecule has 7 heteroatoms. The van der Waals surface area contributed by atoms with Gasteiger partial charge in [0.05, 0.1) is 7.11 Å². The fourth-order valence-corrected chi connectivity index (χ4v) is 2.30. The van der Waals surface area contributed by atoms with E-state index in [1.54, 1.807) is 13.2 Å². The van der Waals surface area contributed by atoms with Gasteiger partial charge in [0, 0.05) is 38.1 Å². The number of halogens is 1. The van der Waals surface area contributed by atoms with Gasteiger partial charge in [0.15, 0.2) is 0 Å². The summed E-state index contributed by atoms with van der Waals surface area (Å²) >= 11 is 5.94. The molecule has 1 aromatic rings. The van der Waals surface area contributed by atoms with E-state index in [9.17, 15) is 4.79 Å². The molecule has 104 valence electrons. The van der Waals surface area contributed by atoms with Crippen LogP contribution in [0.1, 0.15) is 12.8 Å². The van der Waals surface area contributed by atoms with Gasteiger partial charge >= 0.3 is 6.09 Å². The topological polar surface area (TPSA) is 77.7 Å². The zero-order chi connectivity index (χ0) is 13.8. The Morgan fingerprint density at radius 3 is 2.74 bits per heavy atom. The zero-order valence-corrected chi connectivity index (χ0v) is 11.4. The summed E-state index contributed by atoms with van der Waals surface area (Å²) in [5.41, 5.74) is 5.01. The molecule has 1 aliphatic rings. The molecule has 0 aliphatic carbocycles. The number of carbonyl (C=O) groups is 1.